The highest BCUT2D eigenvalue weighted by Crippen LogP contribution is 2.21. The van der Waals surface area contributed by atoms with E-state index in [1.807, 2.05) is 25.1 Å². The van der Waals surface area contributed by atoms with E-state index in [1.165, 1.54) is 14.0 Å². The zero-order valence-corrected chi connectivity index (χ0v) is 11.7. The Labute approximate surface area is 109 Å². The van der Waals surface area contributed by atoms with Crippen LogP contribution in [-0.2, 0) is 9.53 Å². The van der Waals surface area contributed by atoms with E-state index in [0.29, 0.717) is 0 Å². The third-order valence-electron chi connectivity index (χ3n) is 2.45. The molecule has 1 atom stereocenters. The lowest BCUT2D eigenvalue weighted by atomic mass is 10.1. The lowest BCUT2D eigenvalue weighted by molar-refractivity contribution is -0.158. The molecule has 0 spiro atoms. The summed E-state index contributed by atoms with van der Waals surface area (Å²) in [6, 6.07) is 5.76. The van der Waals surface area contributed by atoms with Gasteiger partial charge < -0.3 is 15.2 Å². The minimum Gasteiger partial charge on any atom is -0.467 e. The first-order valence-corrected chi connectivity index (χ1v) is 5.97. The van der Waals surface area contributed by atoms with Crippen molar-refractivity contribution < 1.29 is 14.6 Å². The summed E-state index contributed by atoms with van der Waals surface area (Å²) >= 11 is 3.37. The molecule has 4 nitrogen and oxygen atoms in total. The Hall–Kier alpha value is -1.07. The Morgan fingerprint density at radius 1 is 1.59 bits per heavy atom. The summed E-state index contributed by atoms with van der Waals surface area (Å²) in [6.45, 7) is 3.46. The van der Waals surface area contributed by atoms with Crippen LogP contribution in [0.2, 0.25) is 0 Å². The molecule has 2 N–H and O–H groups in total. The van der Waals surface area contributed by atoms with Gasteiger partial charge in [-0.15, -0.1) is 0 Å². The number of anilines is 1. The van der Waals surface area contributed by atoms with E-state index in [4.69, 9.17) is 0 Å². The molecule has 5 heteroatoms. The molecule has 0 aromatic heterocycles. The fraction of sp³-hybridized carbons (Fsp3) is 0.417. The second-order valence-corrected chi connectivity index (χ2v) is 4.99. The molecule has 0 bridgehead atoms. The molecule has 1 rings (SSSR count). The van der Waals surface area contributed by atoms with Crippen LogP contribution in [0.15, 0.2) is 22.7 Å². The van der Waals surface area contributed by atoms with Crippen LogP contribution in [0, 0.1) is 6.92 Å². The SMILES string of the molecule is COC(=O)C(C)(O)CNc1cc(Br)ccc1C. The number of aliphatic hydroxyl groups is 1. The van der Waals surface area contributed by atoms with Crippen molar-refractivity contribution in [3.05, 3.63) is 28.2 Å². The number of hydrogen-bond donors (Lipinski definition) is 2. The predicted molar refractivity (Wildman–Crippen MR) is 70.0 cm³/mol. The van der Waals surface area contributed by atoms with Crippen molar-refractivity contribution in [2.24, 2.45) is 0 Å². The number of benzene rings is 1. The van der Waals surface area contributed by atoms with E-state index in [-0.39, 0.29) is 6.54 Å². The second-order valence-electron chi connectivity index (χ2n) is 4.08. The summed E-state index contributed by atoms with van der Waals surface area (Å²) in [4.78, 5) is 11.3. The van der Waals surface area contributed by atoms with Gasteiger partial charge in [0.2, 0.25) is 0 Å². The van der Waals surface area contributed by atoms with E-state index in [2.05, 4.69) is 26.0 Å². The molecule has 1 aromatic rings. The van der Waals surface area contributed by atoms with Crippen molar-refractivity contribution in [2.75, 3.05) is 19.0 Å². The van der Waals surface area contributed by atoms with Crippen LogP contribution in [0.5, 0.6) is 0 Å². The number of halogens is 1. The standard InChI is InChI=1S/C12H16BrNO3/c1-8-4-5-9(13)6-10(8)14-7-12(2,16)11(15)17-3/h4-6,14,16H,7H2,1-3H3. The summed E-state index contributed by atoms with van der Waals surface area (Å²) in [7, 11) is 1.25. The van der Waals surface area contributed by atoms with Gasteiger partial charge in [0.05, 0.1) is 13.7 Å². The minimum absolute atomic E-state index is 0.0942. The number of hydrogen-bond acceptors (Lipinski definition) is 4. The van der Waals surface area contributed by atoms with Gasteiger partial charge in [0.15, 0.2) is 5.60 Å². The monoisotopic (exact) mass is 301 g/mol. The van der Waals surface area contributed by atoms with E-state index in [9.17, 15) is 9.90 Å². The Bertz CT molecular complexity index is 418. The van der Waals surface area contributed by atoms with Gasteiger partial charge in [0, 0.05) is 10.2 Å². The summed E-state index contributed by atoms with van der Waals surface area (Å²) in [5.41, 5.74) is 0.362. The highest BCUT2D eigenvalue weighted by Gasteiger charge is 2.31. The maximum Gasteiger partial charge on any atom is 0.339 e. The Morgan fingerprint density at radius 3 is 2.82 bits per heavy atom. The topological polar surface area (TPSA) is 58.6 Å². The van der Waals surface area contributed by atoms with Gasteiger partial charge in [0.25, 0.3) is 0 Å². The van der Waals surface area contributed by atoms with E-state index in [0.717, 1.165) is 15.7 Å². The molecule has 17 heavy (non-hydrogen) atoms. The predicted octanol–water partition coefficient (Wildman–Crippen LogP) is 2.09. The average Bonchev–Trinajstić information content (AvgIpc) is 2.29. The number of esters is 1. The first-order chi connectivity index (χ1) is 7.86. The van der Waals surface area contributed by atoms with Crippen molar-refractivity contribution >= 4 is 27.6 Å². The van der Waals surface area contributed by atoms with Crippen molar-refractivity contribution in [1.82, 2.24) is 0 Å². The Kier molecular flexibility index (Phi) is 4.54. The molecule has 1 unspecified atom stereocenters. The maximum atomic E-state index is 11.3. The fourth-order valence-electron chi connectivity index (χ4n) is 1.34. The number of carbonyl (C=O) groups is 1. The molecule has 0 fully saturated rings. The summed E-state index contributed by atoms with van der Waals surface area (Å²) in [6.07, 6.45) is 0. The Morgan fingerprint density at radius 2 is 2.24 bits per heavy atom. The summed E-state index contributed by atoms with van der Waals surface area (Å²) in [5, 5.41) is 12.9. The smallest absolute Gasteiger partial charge is 0.339 e. The van der Waals surface area contributed by atoms with Gasteiger partial charge in [-0.3, -0.25) is 0 Å². The number of ether oxygens (including phenoxy) is 1. The second kappa shape index (κ2) is 5.51. The van der Waals surface area contributed by atoms with Gasteiger partial charge in [0.1, 0.15) is 0 Å². The molecule has 0 aliphatic rings. The number of aryl methyl sites for hydroxylation is 1. The Balaban J connectivity index is 2.73. The largest absolute Gasteiger partial charge is 0.467 e. The summed E-state index contributed by atoms with van der Waals surface area (Å²) < 4.78 is 5.45. The summed E-state index contributed by atoms with van der Waals surface area (Å²) in [5.74, 6) is -0.655. The molecule has 0 amide bonds. The lowest BCUT2D eigenvalue weighted by Crippen LogP contribution is -2.42. The number of nitrogens with one attached hydrogen (secondary N) is 1. The van der Waals surface area contributed by atoms with Crippen molar-refractivity contribution in [3.63, 3.8) is 0 Å². The van der Waals surface area contributed by atoms with Crippen LogP contribution in [0.4, 0.5) is 5.69 Å². The highest BCUT2D eigenvalue weighted by atomic mass is 79.9. The maximum absolute atomic E-state index is 11.3. The van der Waals surface area contributed by atoms with Gasteiger partial charge in [-0.1, -0.05) is 22.0 Å². The first kappa shape index (κ1) is 14.0. The fourth-order valence-corrected chi connectivity index (χ4v) is 1.71. The van der Waals surface area contributed by atoms with Gasteiger partial charge in [-0.25, -0.2) is 4.79 Å². The molecule has 0 saturated heterocycles. The quantitative estimate of drug-likeness (QED) is 0.836. The van der Waals surface area contributed by atoms with E-state index in [1.54, 1.807) is 0 Å². The molecular formula is C12H16BrNO3. The third-order valence-corrected chi connectivity index (χ3v) is 2.94. The zero-order chi connectivity index (χ0) is 13.1. The molecule has 1 aromatic carbocycles. The van der Waals surface area contributed by atoms with E-state index >= 15 is 0 Å². The number of rotatable bonds is 4. The van der Waals surface area contributed by atoms with E-state index < -0.39 is 11.6 Å². The van der Waals surface area contributed by atoms with Crippen LogP contribution < -0.4 is 5.32 Å². The van der Waals surface area contributed by atoms with Crippen LogP contribution >= 0.6 is 15.9 Å². The van der Waals surface area contributed by atoms with Gasteiger partial charge in [-0.05, 0) is 31.5 Å². The molecule has 0 heterocycles. The average molecular weight is 302 g/mol. The van der Waals surface area contributed by atoms with Gasteiger partial charge in [-0.2, -0.15) is 0 Å². The van der Waals surface area contributed by atoms with Crippen LogP contribution in [0.1, 0.15) is 12.5 Å². The zero-order valence-electron chi connectivity index (χ0n) is 10.1. The minimum atomic E-state index is -1.54. The lowest BCUT2D eigenvalue weighted by Gasteiger charge is -2.21. The highest BCUT2D eigenvalue weighted by molar-refractivity contribution is 9.10. The number of methoxy groups -OCH3 is 1. The van der Waals surface area contributed by atoms with Crippen molar-refractivity contribution in [2.45, 2.75) is 19.4 Å². The third kappa shape index (κ3) is 3.71. The molecule has 94 valence electrons. The molecule has 0 aliphatic heterocycles. The molecule has 0 aliphatic carbocycles. The van der Waals surface area contributed by atoms with Crippen LogP contribution in [0.3, 0.4) is 0 Å². The van der Waals surface area contributed by atoms with Crippen LogP contribution in [0.25, 0.3) is 0 Å². The van der Waals surface area contributed by atoms with Crippen LogP contribution in [-0.4, -0.2) is 30.3 Å². The van der Waals surface area contributed by atoms with Crippen molar-refractivity contribution in [3.8, 4) is 0 Å². The van der Waals surface area contributed by atoms with Crippen molar-refractivity contribution in [1.29, 1.82) is 0 Å². The first-order valence-electron chi connectivity index (χ1n) is 5.17. The normalized spacial score (nSPS) is 13.9. The molecular weight excluding hydrogens is 286 g/mol. The van der Waals surface area contributed by atoms with Gasteiger partial charge >= 0.3 is 5.97 Å². The number of carbonyl (C=O) groups excluding carboxylic acids is 1. The molecule has 0 saturated carbocycles. The molecule has 0 radical (unpaired) electrons.